The van der Waals surface area contributed by atoms with Crippen LogP contribution in [-0.2, 0) is 4.74 Å². The first kappa shape index (κ1) is 16.5. The topological polar surface area (TPSA) is 59.6 Å². The Kier molecular flexibility index (Phi) is 6.05. The molecule has 0 bridgehead atoms. The molecule has 5 nitrogen and oxygen atoms in total. The first-order valence-corrected chi connectivity index (χ1v) is 9.45. The zero-order valence-electron chi connectivity index (χ0n) is 13.3. The normalized spacial score (nSPS) is 21.8. The summed E-state index contributed by atoms with van der Waals surface area (Å²) in [7, 11) is 0. The van der Waals surface area contributed by atoms with Crippen molar-refractivity contribution < 1.29 is 14.3 Å². The van der Waals surface area contributed by atoms with Crippen LogP contribution in [0, 0.1) is 0 Å². The summed E-state index contributed by atoms with van der Waals surface area (Å²) >= 11 is 1.95. The zero-order chi connectivity index (χ0) is 15.9. The summed E-state index contributed by atoms with van der Waals surface area (Å²) in [5.74, 6) is 3.00. The van der Waals surface area contributed by atoms with Crippen LogP contribution in [0.4, 0.5) is 10.5 Å². The molecule has 2 aliphatic heterocycles. The lowest BCUT2D eigenvalue weighted by atomic mass is 10.2. The number of amides is 2. The van der Waals surface area contributed by atoms with Gasteiger partial charge in [0.05, 0.1) is 6.10 Å². The number of urea groups is 1. The van der Waals surface area contributed by atoms with Crippen LogP contribution in [0.5, 0.6) is 5.75 Å². The fourth-order valence-corrected chi connectivity index (χ4v) is 3.93. The van der Waals surface area contributed by atoms with Gasteiger partial charge in [0.25, 0.3) is 0 Å². The zero-order valence-corrected chi connectivity index (χ0v) is 14.1. The Morgan fingerprint density at radius 1 is 1.30 bits per heavy atom. The van der Waals surface area contributed by atoms with Crippen molar-refractivity contribution in [3.63, 3.8) is 0 Å². The van der Waals surface area contributed by atoms with Gasteiger partial charge in [-0.1, -0.05) is 6.07 Å². The Morgan fingerprint density at radius 3 is 2.96 bits per heavy atom. The van der Waals surface area contributed by atoms with Gasteiger partial charge in [-0.05, 0) is 49.3 Å². The van der Waals surface area contributed by atoms with Crippen molar-refractivity contribution in [2.24, 2.45) is 0 Å². The number of anilines is 1. The van der Waals surface area contributed by atoms with Gasteiger partial charge in [-0.25, -0.2) is 4.79 Å². The van der Waals surface area contributed by atoms with Gasteiger partial charge in [-0.15, -0.1) is 0 Å². The maximum atomic E-state index is 12.1. The molecule has 0 aromatic heterocycles. The molecule has 2 N–H and O–H groups in total. The number of hydrogen-bond donors (Lipinski definition) is 2. The summed E-state index contributed by atoms with van der Waals surface area (Å²) in [6, 6.07) is 7.66. The first-order chi connectivity index (χ1) is 11.3. The summed E-state index contributed by atoms with van der Waals surface area (Å²) in [5, 5.41) is 5.93. The maximum Gasteiger partial charge on any atom is 0.319 e. The summed E-state index contributed by atoms with van der Waals surface area (Å²) in [6.07, 6.45) is 4.44. The molecule has 1 unspecified atom stereocenters. The molecule has 1 aromatic rings. The minimum Gasteiger partial charge on any atom is -0.491 e. The summed E-state index contributed by atoms with van der Waals surface area (Å²) in [5.41, 5.74) is 0.748. The smallest absolute Gasteiger partial charge is 0.319 e. The fourth-order valence-electron chi connectivity index (χ4n) is 2.82. The second kappa shape index (κ2) is 8.45. The van der Waals surface area contributed by atoms with Crippen molar-refractivity contribution in [3.8, 4) is 5.75 Å². The molecule has 1 atom stereocenters. The van der Waals surface area contributed by atoms with E-state index in [0.717, 1.165) is 55.2 Å². The highest BCUT2D eigenvalue weighted by Crippen LogP contribution is 2.20. The van der Waals surface area contributed by atoms with Gasteiger partial charge in [0.15, 0.2) is 0 Å². The van der Waals surface area contributed by atoms with E-state index in [2.05, 4.69) is 10.6 Å². The first-order valence-electron chi connectivity index (χ1n) is 8.29. The Hall–Kier alpha value is -1.40. The lowest BCUT2D eigenvalue weighted by molar-refractivity contribution is 0.0680. The van der Waals surface area contributed by atoms with Crippen LogP contribution in [0.2, 0.25) is 0 Å². The Labute approximate surface area is 141 Å². The highest BCUT2D eigenvalue weighted by atomic mass is 32.2. The fraction of sp³-hybridized carbons (Fsp3) is 0.588. The van der Waals surface area contributed by atoms with Gasteiger partial charge in [0.1, 0.15) is 12.4 Å². The van der Waals surface area contributed by atoms with Gasteiger partial charge in [-0.2, -0.15) is 11.8 Å². The largest absolute Gasteiger partial charge is 0.491 e. The minimum atomic E-state index is -0.141. The highest BCUT2D eigenvalue weighted by molar-refractivity contribution is 7.99. The standard InChI is InChI=1S/C17H24N2O3S/c20-17(18-13-6-9-23-10-7-13)19-14-3-1-4-15(11-14)22-12-16-5-2-8-21-16/h1,3-4,11,13,16H,2,5-10,12H2,(H2,18,19,20). The van der Waals surface area contributed by atoms with E-state index in [1.807, 2.05) is 36.0 Å². The second-order valence-corrected chi connectivity index (χ2v) is 7.18. The molecular weight excluding hydrogens is 312 g/mol. The van der Waals surface area contributed by atoms with Gasteiger partial charge in [0.2, 0.25) is 0 Å². The Morgan fingerprint density at radius 2 is 2.17 bits per heavy atom. The average molecular weight is 336 g/mol. The van der Waals surface area contributed by atoms with E-state index in [9.17, 15) is 4.79 Å². The molecule has 6 heteroatoms. The number of benzene rings is 1. The molecule has 126 valence electrons. The summed E-state index contributed by atoms with van der Waals surface area (Å²) < 4.78 is 11.3. The third kappa shape index (κ3) is 5.32. The summed E-state index contributed by atoms with van der Waals surface area (Å²) in [4.78, 5) is 12.1. The molecule has 2 heterocycles. The van der Waals surface area contributed by atoms with Crippen LogP contribution < -0.4 is 15.4 Å². The number of rotatable bonds is 5. The highest BCUT2D eigenvalue weighted by Gasteiger charge is 2.17. The number of carbonyl (C=O) groups is 1. The minimum absolute atomic E-state index is 0.141. The average Bonchev–Trinajstić information content (AvgIpc) is 3.07. The molecule has 0 aliphatic carbocycles. The van der Waals surface area contributed by atoms with Crippen LogP contribution in [0.25, 0.3) is 0 Å². The van der Waals surface area contributed by atoms with Gasteiger partial charge >= 0.3 is 6.03 Å². The second-order valence-electron chi connectivity index (χ2n) is 5.96. The van der Waals surface area contributed by atoms with Crippen molar-refractivity contribution in [2.45, 2.75) is 37.8 Å². The van der Waals surface area contributed by atoms with E-state index in [1.54, 1.807) is 0 Å². The molecule has 1 aromatic carbocycles. The van der Waals surface area contributed by atoms with Crippen molar-refractivity contribution in [1.82, 2.24) is 5.32 Å². The summed E-state index contributed by atoms with van der Waals surface area (Å²) in [6.45, 7) is 1.39. The van der Waals surface area contributed by atoms with Gasteiger partial charge < -0.3 is 20.1 Å². The SMILES string of the molecule is O=C(Nc1cccc(OCC2CCCO2)c1)NC1CCSCC1. The van der Waals surface area contributed by atoms with E-state index in [-0.39, 0.29) is 18.2 Å². The monoisotopic (exact) mass is 336 g/mol. The molecule has 2 amide bonds. The molecule has 3 rings (SSSR count). The van der Waals surface area contributed by atoms with Crippen LogP contribution in [0.3, 0.4) is 0 Å². The van der Waals surface area contributed by atoms with Crippen molar-refractivity contribution >= 4 is 23.5 Å². The van der Waals surface area contributed by atoms with E-state index in [4.69, 9.17) is 9.47 Å². The molecule has 2 aliphatic rings. The van der Waals surface area contributed by atoms with Crippen LogP contribution in [0.1, 0.15) is 25.7 Å². The molecule has 0 spiro atoms. The third-order valence-electron chi connectivity index (χ3n) is 4.11. The Balaban J connectivity index is 1.47. The molecule has 0 saturated carbocycles. The van der Waals surface area contributed by atoms with Crippen molar-refractivity contribution in [3.05, 3.63) is 24.3 Å². The quantitative estimate of drug-likeness (QED) is 0.866. The van der Waals surface area contributed by atoms with Crippen molar-refractivity contribution in [2.75, 3.05) is 30.0 Å². The van der Waals surface area contributed by atoms with Gasteiger partial charge in [0, 0.05) is 24.4 Å². The lowest BCUT2D eigenvalue weighted by Crippen LogP contribution is -2.39. The maximum absolute atomic E-state index is 12.1. The van der Waals surface area contributed by atoms with E-state index in [0.29, 0.717) is 6.61 Å². The number of ether oxygens (including phenoxy) is 2. The molecule has 23 heavy (non-hydrogen) atoms. The molecular formula is C17H24N2O3S. The predicted molar refractivity (Wildman–Crippen MR) is 93.4 cm³/mol. The number of carbonyl (C=O) groups excluding carboxylic acids is 1. The van der Waals surface area contributed by atoms with Crippen LogP contribution in [-0.4, -0.2) is 42.9 Å². The van der Waals surface area contributed by atoms with E-state index < -0.39 is 0 Å². The predicted octanol–water partition coefficient (Wildman–Crippen LogP) is 3.26. The van der Waals surface area contributed by atoms with Crippen LogP contribution >= 0.6 is 11.8 Å². The Bertz CT molecular complexity index is 514. The van der Waals surface area contributed by atoms with Crippen LogP contribution in [0.15, 0.2) is 24.3 Å². The lowest BCUT2D eigenvalue weighted by Gasteiger charge is -2.22. The molecule has 0 radical (unpaired) electrons. The van der Waals surface area contributed by atoms with Gasteiger partial charge in [-0.3, -0.25) is 0 Å². The number of nitrogens with one attached hydrogen (secondary N) is 2. The van der Waals surface area contributed by atoms with E-state index >= 15 is 0 Å². The van der Waals surface area contributed by atoms with Crippen molar-refractivity contribution in [1.29, 1.82) is 0 Å². The number of thioether (sulfide) groups is 1. The molecule has 2 fully saturated rings. The third-order valence-corrected chi connectivity index (χ3v) is 5.16. The molecule has 2 saturated heterocycles. The van der Waals surface area contributed by atoms with E-state index in [1.165, 1.54) is 0 Å². The number of hydrogen-bond acceptors (Lipinski definition) is 4.